The number of alkyl carbamates (subject to hydrolysis) is 1. The van der Waals surface area contributed by atoms with E-state index in [9.17, 15) is 14.4 Å². The average molecular weight is 779 g/mol. The highest BCUT2D eigenvalue weighted by atomic mass is 16.5. The predicted octanol–water partition coefficient (Wildman–Crippen LogP) is 7.88. The van der Waals surface area contributed by atoms with E-state index in [1.54, 1.807) is 4.90 Å². The fraction of sp³-hybridized carbons (Fsp3) is 0.326. The van der Waals surface area contributed by atoms with Crippen molar-refractivity contribution >= 4 is 28.7 Å². The highest BCUT2D eigenvalue weighted by Gasteiger charge is 2.34. The van der Waals surface area contributed by atoms with Crippen LogP contribution >= 0.6 is 0 Å². The monoisotopic (exact) mass is 778 g/mol. The van der Waals surface area contributed by atoms with Gasteiger partial charge in [0.25, 0.3) is 0 Å². The lowest BCUT2D eigenvalue weighted by atomic mass is 9.98. The summed E-state index contributed by atoms with van der Waals surface area (Å²) < 4.78 is 4.59. The summed E-state index contributed by atoms with van der Waals surface area (Å²) in [6.07, 6.45) is 7.83. The molecule has 2 aliphatic rings. The number of benzene rings is 4. The van der Waals surface area contributed by atoms with Gasteiger partial charge < -0.3 is 29.8 Å². The first-order chi connectivity index (χ1) is 28.4. The van der Waals surface area contributed by atoms with Gasteiger partial charge in [0.15, 0.2) is 0 Å². The van der Waals surface area contributed by atoms with E-state index >= 15 is 0 Å². The summed E-state index contributed by atoms with van der Waals surface area (Å²) in [5.41, 5.74) is 7.10. The van der Waals surface area contributed by atoms with Crippen molar-refractivity contribution in [2.24, 2.45) is 0 Å². The van der Waals surface area contributed by atoms with Gasteiger partial charge in [-0.1, -0.05) is 85.8 Å². The average Bonchev–Trinajstić information content (AvgIpc) is 4.11. The summed E-state index contributed by atoms with van der Waals surface area (Å²) in [4.78, 5) is 60.8. The topological polar surface area (TPSA) is 140 Å². The Balaban J connectivity index is 0.932. The van der Waals surface area contributed by atoms with Crippen LogP contribution in [0.5, 0.6) is 0 Å². The van der Waals surface area contributed by atoms with Gasteiger partial charge in [0.1, 0.15) is 24.2 Å². The zero-order valence-electron chi connectivity index (χ0n) is 33.1. The number of methoxy groups -OCH3 is 1. The minimum atomic E-state index is -0.628. The highest BCUT2D eigenvalue weighted by molar-refractivity contribution is 5.91. The van der Waals surface area contributed by atoms with Crippen LogP contribution in [0.2, 0.25) is 0 Å². The van der Waals surface area contributed by atoms with Crippen molar-refractivity contribution in [3.05, 3.63) is 121 Å². The molecule has 2 fully saturated rings. The normalized spacial score (nSPS) is 16.1. The highest BCUT2D eigenvalue weighted by Crippen LogP contribution is 2.34. The van der Waals surface area contributed by atoms with E-state index in [2.05, 4.69) is 110 Å². The molecule has 58 heavy (non-hydrogen) atoms. The summed E-state index contributed by atoms with van der Waals surface area (Å²) in [5.74, 6) is 1.48. The number of likely N-dealkylation sites (tertiary alicyclic amines) is 2. The van der Waals surface area contributed by atoms with Gasteiger partial charge in [-0.05, 0) is 90.4 Å². The molecule has 12 nitrogen and oxygen atoms in total. The molecule has 0 aliphatic carbocycles. The van der Waals surface area contributed by atoms with Crippen LogP contribution in [0.1, 0.15) is 68.3 Å². The van der Waals surface area contributed by atoms with Crippen LogP contribution in [0.4, 0.5) is 4.79 Å². The number of nitrogens with one attached hydrogen (secondary N) is 3. The number of fused-ring (bicyclic) bond motifs is 1. The van der Waals surface area contributed by atoms with Gasteiger partial charge in [0.05, 0.1) is 43.5 Å². The molecule has 2 saturated heterocycles. The number of H-pyrrole nitrogens is 2. The SMILES string of the molecule is CCCN(Cc1ncc(-c2ccc3cc(-c4ccc(-c5cnc([C@@H]6CCCN6C(=O)CNC(=O)OC)[nH]5)cc4)ccc3c2)[nH]1)C(=O)C(c1ccccc1)N1CCCC1. The fourth-order valence-electron chi connectivity index (χ4n) is 8.38. The van der Waals surface area contributed by atoms with Gasteiger partial charge >= 0.3 is 6.09 Å². The first-order valence-electron chi connectivity index (χ1n) is 20.3. The van der Waals surface area contributed by atoms with Gasteiger partial charge in [-0.25, -0.2) is 14.8 Å². The summed E-state index contributed by atoms with van der Waals surface area (Å²) in [6.45, 7) is 5.58. The molecule has 2 aliphatic heterocycles. The number of nitrogens with zero attached hydrogens (tertiary/aromatic N) is 5. The number of carbonyl (C=O) groups is 3. The molecule has 0 saturated carbocycles. The first kappa shape index (κ1) is 38.6. The molecule has 0 radical (unpaired) electrons. The minimum Gasteiger partial charge on any atom is -0.453 e. The van der Waals surface area contributed by atoms with Crippen LogP contribution in [-0.4, -0.2) is 92.4 Å². The lowest BCUT2D eigenvalue weighted by Crippen LogP contribution is -2.42. The number of carbonyl (C=O) groups excluding carboxylic acids is 3. The lowest BCUT2D eigenvalue weighted by Gasteiger charge is -2.32. The lowest BCUT2D eigenvalue weighted by molar-refractivity contribution is -0.137. The molecule has 0 spiro atoms. The molecule has 0 bridgehead atoms. The summed E-state index contributed by atoms with van der Waals surface area (Å²) >= 11 is 0. The van der Waals surface area contributed by atoms with E-state index in [0.717, 1.165) is 107 Å². The number of hydrogen-bond acceptors (Lipinski definition) is 7. The summed E-state index contributed by atoms with van der Waals surface area (Å²) in [5, 5.41) is 4.73. The van der Waals surface area contributed by atoms with Crippen LogP contribution in [0, 0.1) is 0 Å². The Morgan fingerprint density at radius 2 is 1.48 bits per heavy atom. The maximum Gasteiger partial charge on any atom is 0.407 e. The van der Waals surface area contributed by atoms with Gasteiger partial charge in [-0.3, -0.25) is 14.5 Å². The molecule has 3 N–H and O–H groups in total. The zero-order valence-corrected chi connectivity index (χ0v) is 33.1. The van der Waals surface area contributed by atoms with Crippen molar-refractivity contribution in [3.63, 3.8) is 0 Å². The molecule has 12 heteroatoms. The van der Waals surface area contributed by atoms with Gasteiger partial charge in [0, 0.05) is 18.7 Å². The van der Waals surface area contributed by atoms with Crippen molar-refractivity contribution in [2.75, 3.05) is 39.8 Å². The smallest absolute Gasteiger partial charge is 0.407 e. The van der Waals surface area contributed by atoms with Crippen LogP contribution in [0.15, 0.2) is 103 Å². The quantitative estimate of drug-likeness (QED) is 0.108. The van der Waals surface area contributed by atoms with E-state index < -0.39 is 6.09 Å². The first-order valence-corrected chi connectivity index (χ1v) is 20.3. The van der Waals surface area contributed by atoms with Crippen LogP contribution in [-0.2, 0) is 20.9 Å². The molecule has 6 aromatic rings. The van der Waals surface area contributed by atoms with Crippen molar-refractivity contribution in [3.8, 4) is 33.6 Å². The van der Waals surface area contributed by atoms with Crippen molar-refractivity contribution in [2.45, 2.75) is 57.7 Å². The number of aromatic amines is 2. The van der Waals surface area contributed by atoms with Crippen LogP contribution in [0.25, 0.3) is 44.4 Å². The van der Waals surface area contributed by atoms with Gasteiger partial charge in [-0.2, -0.15) is 0 Å². The Hall–Kier alpha value is -6.27. The molecule has 2 atom stereocenters. The van der Waals surface area contributed by atoms with Crippen molar-refractivity contribution < 1.29 is 19.1 Å². The Labute approximate surface area is 338 Å². The van der Waals surface area contributed by atoms with Gasteiger partial charge in [-0.15, -0.1) is 0 Å². The second-order valence-electron chi connectivity index (χ2n) is 15.2. The second-order valence-corrected chi connectivity index (χ2v) is 15.2. The molecular weight excluding hydrogens is 729 g/mol. The third-order valence-corrected chi connectivity index (χ3v) is 11.4. The van der Waals surface area contributed by atoms with Crippen LogP contribution in [0.3, 0.4) is 0 Å². The molecule has 4 heterocycles. The van der Waals surface area contributed by atoms with E-state index in [1.165, 1.54) is 7.11 Å². The maximum atomic E-state index is 14.2. The molecule has 4 aromatic carbocycles. The van der Waals surface area contributed by atoms with Crippen molar-refractivity contribution in [1.82, 2.24) is 40.0 Å². The van der Waals surface area contributed by atoms with Gasteiger partial charge in [0.2, 0.25) is 11.8 Å². The number of hydrogen-bond donors (Lipinski definition) is 3. The van der Waals surface area contributed by atoms with E-state index in [4.69, 9.17) is 4.98 Å². The summed E-state index contributed by atoms with van der Waals surface area (Å²) in [6, 6.07) is 31.1. The molecule has 298 valence electrons. The minimum absolute atomic E-state index is 0.114. The van der Waals surface area contributed by atoms with E-state index in [0.29, 0.717) is 19.6 Å². The number of amides is 3. The molecule has 3 amide bonds. The molecule has 1 unspecified atom stereocenters. The number of rotatable bonds is 13. The third-order valence-electron chi connectivity index (χ3n) is 11.4. The number of aromatic nitrogens is 4. The van der Waals surface area contributed by atoms with Crippen LogP contribution < -0.4 is 5.32 Å². The zero-order chi connectivity index (χ0) is 40.0. The van der Waals surface area contributed by atoms with E-state index in [-0.39, 0.29) is 30.4 Å². The standard InChI is InChI=1S/C46H50N8O4/c1-3-21-53(45(56)43(52-22-7-8-23-52)33-10-5-4-6-11-33)30-41-47-27-39(50-41)37-20-19-35-25-34(17-18-36(35)26-37)31-13-15-32(16-14-31)38-28-48-44(51-38)40-12-9-24-54(40)42(55)29-49-46(57)58-2/h4-6,10-11,13-20,25-28,40,43H,3,7-9,12,21-24,29-30H2,1-2H3,(H,47,50)(H,48,51)(H,49,57)/t40-,43?/m0/s1. The molecule has 8 rings (SSSR count). The van der Waals surface area contributed by atoms with Crippen molar-refractivity contribution in [1.29, 1.82) is 0 Å². The fourth-order valence-corrected chi connectivity index (χ4v) is 8.38. The third kappa shape index (κ3) is 8.38. The Morgan fingerprint density at radius 3 is 2.22 bits per heavy atom. The number of imidazole rings is 2. The van der Waals surface area contributed by atoms with E-state index in [1.807, 2.05) is 35.5 Å². The number of ether oxygens (including phenoxy) is 1. The predicted molar refractivity (Wildman–Crippen MR) is 224 cm³/mol. The second kappa shape index (κ2) is 17.5. The molecular formula is C46H50N8O4. The summed E-state index contributed by atoms with van der Waals surface area (Å²) in [7, 11) is 1.27. The maximum absolute atomic E-state index is 14.2. The largest absolute Gasteiger partial charge is 0.453 e. The Bertz CT molecular complexity index is 2370. The Kier molecular flexibility index (Phi) is 11.6. The Morgan fingerprint density at radius 1 is 0.810 bits per heavy atom. The molecule has 2 aromatic heterocycles.